The van der Waals surface area contributed by atoms with Gasteiger partial charge in [-0.2, -0.15) is 0 Å². The molecule has 82 valence electrons. The molecule has 1 saturated heterocycles. The molecule has 0 radical (unpaired) electrons. The van der Waals surface area contributed by atoms with Crippen molar-refractivity contribution in [3.05, 3.63) is 11.4 Å². The van der Waals surface area contributed by atoms with Crippen LogP contribution in [0.5, 0.6) is 0 Å². The summed E-state index contributed by atoms with van der Waals surface area (Å²) in [6.45, 7) is 3.35. The number of fused-ring (bicyclic) bond motifs is 1. The lowest BCUT2D eigenvalue weighted by Crippen LogP contribution is -2.27. The van der Waals surface area contributed by atoms with E-state index in [-0.39, 0.29) is 0 Å². The molecule has 3 heterocycles. The molecule has 0 aromatic carbocycles. The molecule has 0 aliphatic carbocycles. The summed E-state index contributed by atoms with van der Waals surface area (Å²) in [7, 11) is 0. The van der Waals surface area contributed by atoms with E-state index in [0.717, 1.165) is 19.6 Å². The summed E-state index contributed by atoms with van der Waals surface area (Å²) >= 11 is 0. The molecule has 0 amide bonds. The first-order valence-electron chi connectivity index (χ1n) is 6.08. The standard InChI is InChI=1S/C11H18N4/c1-2-8-15-10(3-1)11(13-14-15)9-4-6-12-7-5-9/h9,12H,1-8H2. The van der Waals surface area contributed by atoms with Gasteiger partial charge in [-0.3, -0.25) is 0 Å². The second-order valence-corrected chi connectivity index (χ2v) is 4.63. The van der Waals surface area contributed by atoms with E-state index >= 15 is 0 Å². The van der Waals surface area contributed by atoms with Crippen LogP contribution < -0.4 is 5.32 Å². The zero-order chi connectivity index (χ0) is 10.1. The lowest BCUT2D eigenvalue weighted by molar-refractivity contribution is 0.445. The largest absolute Gasteiger partial charge is 0.317 e. The minimum absolute atomic E-state index is 0.660. The van der Waals surface area contributed by atoms with E-state index in [1.807, 2.05) is 0 Å². The predicted molar refractivity (Wildman–Crippen MR) is 57.8 cm³/mol. The third kappa shape index (κ3) is 1.67. The molecule has 3 rings (SSSR count). The molecule has 0 unspecified atom stereocenters. The maximum absolute atomic E-state index is 4.41. The molecule has 4 nitrogen and oxygen atoms in total. The molecular weight excluding hydrogens is 188 g/mol. The van der Waals surface area contributed by atoms with Crippen molar-refractivity contribution in [3.63, 3.8) is 0 Å². The highest BCUT2D eigenvalue weighted by molar-refractivity contribution is 5.17. The minimum Gasteiger partial charge on any atom is -0.317 e. The van der Waals surface area contributed by atoms with E-state index < -0.39 is 0 Å². The maximum Gasteiger partial charge on any atom is 0.0890 e. The van der Waals surface area contributed by atoms with Crippen molar-refractivity contribution in [2.45, 2.75) is 44.6 Å². The molecule has 1 aromatic heterocycles. The fourth-order valence-electron chi connectivity index (χ4n) is 2.75. The molecule has 1 aromatic rings. The Balaban J connectivity index is 1.87. The van der Waals surface area contributed by atoms with Crippen molar-refractivity contribution in [2.24, 2.45) is 0 Å². The second kappa shape index (κ2) is 3.93. The van der Waals surface area contributed by atoms with E-state index in [2.05, 4.69) is 20.3 Å². The molecule has 0 atom stereocenters. The Kier molecular flexibility index (Phi) is 2.44. The molecule has 2 aliphatic heterocycles. The lowest BCUT2D eigenvalue weighted by atomic mass is 9.91. The highest BCUT2D eigenvalue weighted by Crippen LogP contribution is 2.28. The zero-order valence-corrected chi connectivity index (χ0v) is 9.08. The smallest absolute Gasteiger partial charge is 0.0890 e. The molecule has 4 heteroatoms. The Hall–Kier alpha value is -0.900. The van der Waals surface area contributed by atoms with Gasteiger partial charge in [0.15, 0.2) is 0 Å². The van der Waals surface area contributed by atoms with Gasteiger partial charge in [-0.25, -0.2) is 4.68 Å². The van der Waals surface area contributed by atoms with Crippen LogP contribution in [0.25, 0.3) is 0 Å². The van der Waals surface area contributed by atoms with Gasteiger partial charge in [0.1, 0.15) is 0 Å². The Bertz CT molecular complexity index is 338. The van der Waals surface area contributed by atoms with Gasteiger partial charge in [0, 0.05) is 12.5 Å². The molecule has 0 saturated carbocycles. The molecular formula is C11H18N4. The highest BCUT2D eigenvalue weighted by atomic mass is 15.4. The number of hydrogen-bond acceptors (Lipinski definition) is 3. The Labute approximate surface area is 90.0 Å². The van der Waals surface area contributed by atoms with Crippen LogP contribution in [0, 0.1) is 0 Å². The average Bonchev–Trinajstić information content (AvgIpc) is 2.74. The van der Waals surface area contributed by atoms with Gasteiger partial charge < -0.3 is 5.32 Å². The molecule has 1 fully saturated rings. The summed E-state index contributed by atoms with van der Waals surface area (Å²) in [4.78, 5) is 0. The summed E-state index contributed by atoms with van der Waals surface area (Å²) < 4.78 is 2.13. The van der Waals surface area contributed by atoms with Crippen LogP contribution in [0.15, 0.2) is 0 Å². The van der Waals surface area contributed by atoms with Gasteiger partial charge in [0.25, 0.3) is 0 Å². The number of aryl methyl sites for hydroxylation is 1. The summed E-state index contributed by atoms with van der Waals surface area (Å²) in [6, 6.07) is 0. The van der Waals surface area contributed by atoms with Crippen molar-refractivity contribution in [1.82, 2.24) is 20.3 Å². The number of rotatable bonds is 1. The Morgan fingerprint density at radius 3 is 2.93 bits per heavy atom. The number of hydrogen-bond donors (Lipinski definition) is 1. The van der Waals surface area contributed by atoms with Gasteiger partial charge in [0.2, 0.25) is 0 Å². The van der Waals surface area contributed by atoms with Gasteiger partial charge >= 0.3 is 0 Å². The van der Waals surface area contributed by atoms with Gasteiger partial charge in [0.05, 0.1) is 11.4 Å². The first-order valence-corrected chi connectivity index (χ1v) is 6.08. The minimum atomic E-state index is 0.660. The van der Waals surface area contributed by atoms with Crippen LogP contribution in [-0.4, -0.2) is 28.1 Å². The summed E-state index contributed by atoms with van der Waals surface area (Å²) in [5, 5.41) is 12.1. The third-order valence-corrected chi connectivity index (χ3v) is 3.63. The Morgan fingerprint density at radius 1 is 1.20 bits per heavy atom. The van der Waals surface area contributed by atoms with E-state index in [1.54, 1.807) is 0 Å². The van der Waals surface area contributed by atoms with E-state index in [1.165, 1.54) is 43.5 Å². The first-order chi connectivity index (χ1) is 7.45. The molecule has 15 heavy (non-hydrogen) atoms. The SMILES string of the molecule is C1CCn2nnc(C3CCNCC3)c2C1. The average molecular weight is 206 g/mol. The third-order valence-electron chi connectivity index (χ3n) is 3.63. The van der Waals surface area contributed by atoms with Crippen LogP contribution in [-0.2, 0) is 13.0 Å². The number of aromatic nitrogens is 3. The molecule has 1 N–H and O–H groups in total. The highest BCUT2D eigenvalue weighted by Gasteiger charge is 2.24. The summed E-state index contributed by atoms with van der Waals surface area (Å²) in [5.41, 5.74) is 2.73. The predicted octanol–water partition coefficient (Wildman–Crippen LogP) is 1.08. The lowest BCUT2D eigenvalue weighted by Gasteiger charge is -2.22. The van der Waals surface area contributed by atoms with Crippen molar-refractivity contribution in [1.29, 1.82) is 0 Å². The van der Waals surface area contributed by atoms with Crippen molar-refractivity contribution in [3.8, 4) is 0 Å². The van der Waals surface area contributed by atoms with Crippen LogP contribution >= 0.6 is 0 Å². The van der Waals surface area contributed by atoms with Crippen LogP contribution in [0.3, 0.4) is 0 Å². The van der Waals surface area contributed by atoms with Crippen molar-refractivity contribution < 1.29 is 0 Å². The monoisotopic (exact) mass is 206 g/mol. The van der Waals surface area contributed by atoms with E-state index in [0.29, 0.717) is 5.92 Å². The quantitative estimate of drug-likeness (QED) is 0.747. The normalized spacial score (nSPS) is 22.7. The van der Waals surface area contributed by atoms with Crippen molar-refractivity contribution >= 4 is 0 Å². The fourth-order valence-corrected chi connectivity index (χ4v) is 2.75. The fraction of sp³-hybridized carbons (Fsp3) is 0.818. The summed E-state index contributed by atoms with van der Waals surface area (Å²) in [6.07, 6.45) is 6.22. The number of nitrogens with one attached hydrogen (secondary N) is 1. The van der Waals surface area contributed by atoms with Crippen LogP contribution in [0.1, 0.15) is 43.0 Å². The molecule has 2 aliphatic rings. The van der Waals surface area contributed by atoms with E-state index in [9.17, 15) is 0 Å². The van der Waals surface area contributed by atoms with Gasteiger partial charge in [-0.05, 0) is 45.2 Å². The van der Waals surface area contributed by atoms with Crippen molar-refractivity contribution in [2.75, 3.05) is 13.1 Å². The number of nitrogens with zero attached hydrogens (tertiary/aromatic N) is 3. The van der Waals surface area contributed by atoms with Crippen LogP contribution in [0.2, 0.25) is 0 Å². The topological polar surface area (TPSA) is 42.7 Å². The Morgan fingerprint density at radius 2 is 2.07 bits per heavy atom. The van der Waals surface area contributed by atoms with Gasteiger partial charge in [-0.1, -0.05) is 5.21 Å². The van der Waals surface area contributed by atoms with Crippen LogP contribution in [0.4, 0.5) is 0 Å². The molecule has 0 bridgehead atoms. The summed E-state index contributed by atoms with van der Waals surface area (Å²) in [5.74, 6) is 0.660. The second-order valence-electron chi connectivity index (χ2n) is 4.63. The van der Waals surface area contributed by atoms with Gasteiger partial charge in [-0.15, -0.1) is 5.10 Å². The maximum atomic E-state index is 4.41. The first kappa shape index (κ1) is 9.33. The zero-order valence-electron chi connectivity index (χ0n) is 9.08. The molecule has 0 spiro atoms. The number of piperidine rings is 1. The van der Waals surface area contributed by atoms with E-state index in [4.69, 9.17) is 0 Å².